The van der Waals surface area contributed by atoms with E-state index in [-0.39, 0.29) is 0 Å². The van der Waals surface area contributed by atoms with Gasteiger partial charge >= 0.3 is 0 Å². The van der Waals surface area contributed by atoms with Gasteiger partial charge in [0.1, 0.15) is 0 Å². The summed E-state index contributed by atoms with van der Waals surface area (Å²) in [4.78, 5) is 22.6. The van der Waals surface area contributed by atoms with Gasteiger partial charge in [-0.2, -0.15) is 0 Å². The lowest BCUT2D eigenvalue weighted by molar-refractivity contribution is -0.129. The molecule has 2 saturated heterocycles. The Kier molecular flexibility index (Phi) is 9.00. The topological polar surface area (TPSA) is 60.0 Å². The number of nitrogens with one attached hydrogen (secondary N) is 2. The molecule has 0 saturated carbocycles. The molecule has 1 amide bonds. The van der Waals surface area contributed by atoms with Crippen LogP contribution >= 0.6 is 11.3 Å². The highest BCUT2D eigenvalue weighted by Gasteiger charge is 2.27. The van der Waals surface area contributed by atoms with Gasteiger partial charge in [-0.15, -0.1) is 11.3 Å². The van der Waals surface area contributed by atoms with Crippen molar-refractivity contribution in [2.24, 2.45) is 10.9 Å². The second kappa shape index (κ2) is 11.7. The number of hydrogen-bond donors (Lipinski definition) is 2. The molecule has 1 aromatic heterocycles. The Balaban J connectivity index is 1.49. The summed E-state index contributed by atoms with van der Waals surface area (Å²) in [5.74, 6) is 2.00. The zero-order valence-electron chi connectivity index (χ0n) is 18.9. The molecule has 0 aliphatic carbocycles. The summed E-state index contributed by atoms with van der Waals surface area (Å²) in [7, 11) is 1.83. The number of carbonyl (C=O) groups excluding carboxylic acids is 1. The van der Waals surface area contributed by atoms with Crippen molar-refractivity contribution in [3.8, 4) is 0 Å². The Hall–Kier alpha value is -1.60. The minimum Gasteiger partial charge on any atom is -0.356 e. The smallest absolute Gasteiger partial charge is 0.222 e. The first-order valence-electron chi connectivity index (χ1n) is 11.6. The lowest BCUT2D eigenvalue weighted by Crippen LogP contribution is -2.46. The average Bonchev–Trinajstić information content (AvgIpc) is 3.43. The van der Waals surface area contributed by atoms with Gasteiger partial charge in [-0.25, -0.2) is 0 Å². The largest absolute Gasteiger partial charge is 0.356 e. The average molecular weight is 434 g/mol. The first-order chi connectivity index (χ1) is 14.6. The van der Waals surface area contributed by atoms with Crippen molar-refractivity contribution in [3.05, 3.63) is 22.4 Å². The molecule has 3 heterocycles. The molecular formula is C23H39N5OS. The fourth-order valence-electron chi connectivity index (χ4n) is 4.64. The summed E-state index contributed by atoms with van der Waals surface area (Å²) in [5, 5.41) is 9.20. The molecule has 0 bridgehead atoms. The quantitative estimate of drug-likeness (QED) is 0.462. The standard InChI is InChI=1S/C23H39N5OS/c1-4-19(28-13-5-8-22(28)29)9-12-25-23(24-3)26-17-20(21-7-6-16-30-21)27-14-10-18(2)11-15-27/h6-7,16,18-20H,4-5,8-15,17H2,1-3H3,(H2,24,25,26). The van der Waals surface area contributed by atoms with Crippen molar-refractivity contribution in [3.63, 3.8) is 0 Å². The van der Waals surface area contributed by atoms with Crippen LogP contribution in [0.4, 0.5) is 0 Å². The maximum absolute atomic E-state index is 12.1. The number of carbonyl (C=O) groups is 1. The van der Waals surface area contributed by atoms with E-state index in [9.17, 15) is 4.79 Å². The summed E-state index contributed by atoms with van der Waals surface area (Å²) < 4.78 is 0. The Bertz CT molecular complexity index is 669. The van der Waals surface area contributed by atoms with Gasteiger partial charge in [0.05, 0.1) is 6.04 Å². The molecule has 2 aliphatic rings. The molecule has 30 heavy (non-hydrogen) atoms. The van der Waals surface area contributed by atoms with Crippen LogP contribution in [0.1, 0.15) is 63.3 Å². The van der Waals surface area contributed by atoms with E-state index in [4.69, 9.17) is 0 Å². The molecule has 0 aromatic carbocycles. The summed E-state index contributed by atoms with van der Waals surface area (Å²) in [6.45, 7) is 9.47. The molecule has 2 aliphatic heterocycles. The lowest BCUT2D eigenvalue weighted by Gasteiger charge is -2.36. The van der Waals surface area contributed by atoms with Crippen LogP contribution in [0, 0.1) is 5.92 Å². The third kappa shape index (κ3) is 6.20. The van der Waals surface area contributed by atoms with Crippen LogP contribution < -0.4 is 10.6 Å². The lowest BCUT2D eigenvalue weighted by atomic mass is 9.97. The van der Waals surface area contributed by atoms with Gasteiger partial charge in [-0.3, -0.25) is 14.7 Å². The van der Waals surface area contributed by atoms with Crippen molar-refractivity contribution in [2.75, 3.05) is 39.8 Å². The van der Waals surface area contributed by atoms with Crippen LogP contribution in [-0.4, -0.2) is 67.5 Å². The molecule has 0 radical (unpaired) electrons. The van der Waals surface area contributed by atoms with Crippen LogP contribution in [0.3, 0.4) is 0 Å². The summed E-state index contributed by atoms with van der Waals surface area (Å²) >= 11 is 1.84. The highest BCUT2D eigenvalue weighted by Crippen LogP contribution is 2.29. The van der Waals surface area contributed by atoms with Crippen molar-refractivity contribution in [2.45, 2.75) is 64.5 Å². The highest BCUT2D eigenvalue weighted by molar-refractivity contribution is 7.10. The second-order valence-corrected chi connectivity index (χ2v) is 9.65. The Labute approximate surface area is 186 Å². The van der Waals surface area contributed by atoms with Crippen molar-refractivity contribution >= 4 is 23.2 Å². The van der Waals surface area contributed by atoms with E-state index < -0.39 is 0 Å². The molecule has 0 spiro atoms. The monoisotopic (exact) mass is 433 g/mol. The third-order valence-electron chi connectivity index (χ3n) is 6.61. The molecule has 2 unspecified atom stereocenters. The Morgan fingerprint density at radius 2 is 2.10 bits per heavy atom. The number of rotatable bonds is 9. The number of piperidine rings is 1. The van der Waals surface area contributed by atoms with Gasteiger partial charge in [-0.05, 0) is 62.6 Å². The van der Waals surface area contributed by atoms with Gasteiger partial charge in [0.15, 0.2) is 5.96 Å². The number of hydrogen-bond acceptors (Lipinski definition) is 4. The van der Waals surface area contributed by atoms with Crippen LogP contribution in [-0.2, 0) is 4.79 Å². The Morgan fingerprint density at radius 3 is 2.70 bits per heavy atom. The minimum absolute atomic E-state index is 0.319. The number of nitrogens with zero attached hydrogens (tertiary/aromatic N) is 3. The van der Waals surface area contributed by atoms with Crippen molar-refractivity contribution in [1.82, 2.24) is 20.4 Å². The maximum atomic E-state index is 12.1. The summed E-state index contributed by atoms with van der Waals surface area (Å²) in [5.41, 5.74) is 0. The van der Waals surface area contributed by atoms with Crippen molar-refractivity contribution < 1.29 is 4.79 Å². The van der Waals surface area contributed by atoms with Crippen LogP contribution in [0.2, 0.25) is 0 Å². The SMILES string of the molecule is CCC(CCNC(=NC)NCC(c1cccs1)N1CCC(C)CC1)N1CCCC1=O. The summed E-state index contributed by atoms with van der Waals surface area (Å²) in [6.07, 6.45) is 6.25. The molecule has 7 heteroatoms. The predicted molar refractivity (Wildman–Crippen MR) is 126 cm³/mol. The Morgan fingerprint density at radius 1 is 1.30 bits per heavy atom. The summed E-state index contributed by atoms with van der Waals surface area (Å²) in [6, 6.07) is 5.13. The zero-order chi connectivity index (χ0) is 21.3. The molecule has 2 N–H and O–H groups in total. The van der Waals surface area contributed by atoms with Gasteiger partial charge in [0.2, 0.25) is 5.91 Å². The van der Waals surface area contributed by atoms with Crippen LogP contribution in [0.5, 0.6) is 0 Å². The van der Waals surface area contributed by atoms with Crippen LogP contribution in [0.25, 0.3) is 0 Å². The number of guanidine groups is 1. The molecule has 3 rings (SSSR count). The molecule has 2 atom stereocenters. The van der Waals surface area contributed by atoms with E-state index in [1.54, 1.807) is 0 Å². The molecule has 1 aromatic rings. The number of likely N-dealkylation sites (tertiary alicyclic amines) is 2. The predicted octanol–water partition coefficient (Wildman–Crippen LogP) is 3.48. The molecule has 2 fully saturated rings. The molecular weight excluding hydrogens is 394 g/mol. The highest BCUT2D eigenvalue weighted by atomic mass is 32.1. The van der Waals surface area contributed by atoms with Crippen molar-refractivity contribution in [1.29, 1.82) is 0 Å². The van der Waals surface area contributed by atoms with E-state index in [1.165, 1.54) is 30.8 Å². The van der Waals surface area contributed by atoms with Gasteiger partial charge in [0, 0.05) is 44.0 Å². The fraction of sp³-hybridized carbons (Fsp3) is 0.739. The minimum atomic E-state index is 0.319. The second-order valence-electron chi connectivity index (χ2n) is 8.67. The molecule has 168 valence electrons. The first kappa shape index (κ1) is 23.1. The number of amides is 1. The molecule has 6 nitrogen and oxygen atoms in total. The van der Waals surface area contributed by atoms with Gasteiger partial charge in [-0.1, -0.05) is 19.9 Å². The normalized spacial score (nSPS) is 21.1. The van der Waals surface area contributed by atoms with Gasteiger partial charge < -0.3 is 15.5 Å². The van der Waals surface area contributed by atoms with E-state index >= 15 is 0 Å². The maximum Gasteiger partial charge on any atom is 0.222 e. The first-order valence-corrected chi connectivity index (χ1v) is 12.5. The van der Waals surface area contributed by atoms with E-state index in [2.05, 4.69) is 56.8 Å². The van der Waals surface area contributed by atoms with E-state index in [1.807, 2.05) is 18.4 Å². The van der Waals surface area contributed by atoms with E-state index in [0.29, 0.717) is 24.4 Å². The fourth-order valence-corrected chi connectivity index (χ4v) is 5.50. The third-order valence-corrected chi connectivity index (χ3v) is 7.58. The van der Waals surface area contributed by atoms with Crippen LogP contribution in [0.15, 0.2) is 22.5 Å². The van der Waals surface area contributed by atoms with E-state index in [0.717, 1.165) is 50.8 Å². The number of thiophene rings is 1. The number of aliphatic imine (C=N–C) groups is 1. The van der Waals surface area contributed by atoms with Gasteiger partial charge in [0.25, 0.3) is 0 Å². The zero-order valence-corrected chi connectivity index (χ0v) is 19.7.